The number of rotatable bonds is 4. The quantitative estimate of drug-likeness (QED) is 0.625. The number of nitrogens with two attached hydrogens (primary N) is 1. The SMILES string of the molecule is Cc1ncnc2c1ccn2[C@@H]1C[C@H](Oc2ccc(F)c(F)c2CN)[C@@H](O)[C@H]1O. The van der Waals surface area contributed by atoms with Gasteiger partial charge in [0.15, 0.2) is 11.6 Å². The lowest BCUT2D eigenvalue weighted by atomic mass is 10.1. The number of fused-ring (bicyclic) bond motifs is 1. The molecule has 1 aromatic carbocycles. The Hall–Kier alpha value is -2.62. The van der Waals surface area contributed by atoms with Crippen molar-refractivity contribution in [2.75, 3.05) is 0 Å². The molecule has 4 N–H and O–H groups in total. The minimum absolute atomic E-state index is 0.0498. The van der Waals surface area contributed by atoms with Crippen molar-refractivity contribution in [3.8, 4) is 5.75 Å². The molecular weight excluding hydrogens is 370 g/mol. The first-order valence-electron chi connectivity index (χ1n) is 8.90. The summed E-state index contributed by atoms with van der Waals surface area (Å²) in [5.74, 6) is -2.05. The van der Waals surface area contributed by atoms with E-state index in [0.717, 1.165) is 17.1 Å². The van der Waals surface area contributed by atoms with Crippen LogP contribution in [0.25, 0.3) is 11.0 Å². The third-order valence-corrected chi connectivity index (χ3v) is 5.30. The minimum Gasteiger partial charge on any atom is -0.487 e. The first-order valence-corrected chi connectivity index (χ1v) is 8.90. The van der Waals surface area contributed by atoms with Crippen LogP contribution in [-0.2, 0) is 6.54 Å². The monoisotopic (exact) mass is 390 g/mol. The van der Waals surface area contributed by atoms with E-state index in [0.29, 0.717) is 5.65 Å². The first kappa shape index (κ1) is 18.7. The number of benzene rings is 1. The number of aryl methyl sites for hydroxylation is 1. The Bertz CT molecular complexity index is 1030. The highest BCUT2D eigenvalue weighted by atomic mass is 19.2. The Morgan fingerprint density at radius 3 is 2.75 bits per heavy atom. The normalized spacial score (nSPS) is 24.8. The van der Waals surface area contributed by atoms with Gasteiger partial charge in [-0.2, -0.15) is 0 Å². The number of aromatic nitrogens is 3. The summed E-state index contributed by atoms with van der Waals surface area (Å²) in [7, 11) is 0. The Morgan fingerprint density at radius 2 is 2.00 bits per heavy atom. The predicted molar refractivity (Wildman–Crippen MR) is 96.6 cm³/mol. The standard InChI is InChI=1S/C19H20F2N4O3/c1-9-10-4-5-25(19(10)24-8-23-9)13-6-15(18(27)17(13)26)28-14-3-2-12(20)16(21)11(14)7-22/h2-5,8,13,15,17-18,26-27H,6-7,22H2,1H3/t13-,15+,17+,18-/m1/s1. The maximum absolute atomic E-state index is 14.0. The van der Waals surface area contributed by atoms with Crippen LogP contribution < -0.4 is 10.5 Å². The molecule has 0 amide bonds. The molecule has 0 spiro atoms. The lowest BCUT2D eigenvalue weighted by Gasteiger charge is -2.20. The van der Waals surface area contributed by atoms with Crippen molar-refractivity contribution in [1.29, 1.82) is 0 Å². The minimum atomic E-state index is -1.22. The van der Waals surface area contributed by atoms with Gasteiger partial charge in [0.2, 0.25) is 0 Å². The third-order valence-electron chi connectivity index (χ3n) is 5.30. The van der Waals surface area contributed by atoms with Gasteiger partial charge in [-0.25, -0.2) is 18.7 Å². The van der Waals surface area contributed by atoms with Crippen LogP contribution in [0.2, 0.25) is 0 Å². The first-order chi connectivity index (χ1) is 13.4. The Labute approximate surface area is 159 Å². The van der Waals surface area contributed by atoms with Gasteiger partial charge < -0.3 is 25.3 Å². The Kier molecular flexibility index (Phi) is 4.74. The van der Waals surface area contributed by atoms with Crippen LogP contribution in [0.15, 0.2) is 30.7 Å². The molecule has 2 heterocycles. The molecule has 1 fully saturated rings. The highest BCUT2D eigenvalue weighted by Crippen LogP contribution is 2.37. The summed E-state index contributed by atoms with van der Waals surface area (Å²) in [4.78, 5) is 8.42. The molecule has 1 saturated carbocycles. The van der Waals surface area contributed by atoms with E-state index in [2.05, 4.69) is 9.97 Å². The second kappa shape index (κ2) is 7.08. The summed E-state index contributed by atoms with van der Waals surface area (Å²) in [6, 6.07) is 3.56. The van der Waals surface area contributed by atoms with Crippen LogP contribution in [0.3, 0.4) is 0 Å². The summed E-state index contributed by atoms with van der Waals surface area (Å²) in [6.07, 6.45) is 0.299. The highest BCUT2D eigenvalue weighted by Gasteiger charge is 2.44. The zero-order chi connectivity index (χ0) is 20.0. The molecular formula is C19H20F2N4O3. The van der Waals surface area contributed by atoms with E-state index in [9.17, 15) is 19.0 Å². The second-order valence-corrected chi connectivity index (χ2v) is 6.90. The lowest BCUT2D eigenvalue weighted by Crippen LogP contribution is -2.34. The molecule has 0 aliphatic heterocycles. The van der Waals surface area contributed by atoms with Gasteiger partial charge in [0.05, 0.1) is 11.7 Å². The molecule has 9 heteroatoms. The molecule has 3 aromatic rings. The number of aliphatic hydroxyl groups is 2. The van der Waals surface area contributed by atoms with Crippen LogP contribution in [0.4, 0.5) is 8.78 Å². The van der Waals surface area contributed by atoms with Gasteiger partial charge in [0, 0.05) is 30.1 Å². The van der Waals surface area contributed by atoms with E-state index in [4.69, 9.17) is 10.5 Å². The van der Waals surface area contributed by atoms with E-state index in [1.807, 2.05) is 13.0 Å². The van der Waals surface area contributed by atoms with Gasteiger partial charge in [-0.05, 0) is 25.1 Å². The van der Waals surface area contributed by atoms with Crippen molar-refractivity contribution >= 4 is 11.0 Å². The summed E-state index contributed by atoms with van der Waals surface area (Å²) in [5.41, 5.74) is 6.85. The Balaban J connectivity index is 1.64. The largest absolute Gasteiger partial charge is 0.487 e. The van der Waals surface area contributed by atoms with Crippen molar-refractivity contribution in [2.24, 2.45) is 5.73 Å². The molecule has 7 nitrogen and oxygen atoms in total. The average molecular weight is 390 g/mol. The average Bonchev–Trinajstić information content (AvgIpc) is 3.22. The fraction of sp³-hybridized carbons (Fsp3) is 0.368. The molecule has 4 atom stereocenters. The van der Waals surface area contributed by atoms with E-state index in [-0.39, 0.29) is 24.3 Å². The maximum atomic E-state index is 14.0. The van der Waals surface area contributed by atoms with Crippen molar-refractivity contribution in [1.82, 2.24) is 14.5 Å². The van der Waals surface area contributed by atoms with Gasteiger partial charge in [0.25, 0.3) is 0 Å². The number of aliphatic hydroxyl groups excluding tert-OH is 2. The number of halogens is 2. The zero-order valence-electron chi connectivity index (χ0n) is 15.1. The molecule has 148 valence electrons. The molecule has 0 bridgehead atoms. The highest BCUT2D eigenvalue weighted by molar-refractivity contribution is 5.78. The van der Waals surface area contributed by atoms with Crippen molar-refractivity contribution < 1.29 is 23.7 Å². The molecule has 28 heavy (non-hydrogen) atoms. The van der Waals surface area contributed by atoms with Gasteiger partial charge in [-0.15, -0.1) is 0 Å². The smallest absolute Gasteiger partial charge is 0.167 e. The predicted octanol–water partition coefficient (Wildman–Crippen LogP) is 1.59. The second-order valence-electron chi connectivity index (χ2n) is 6.90. The molecule has 4 rings (SSSR count). The number of hydrogen-bond acceptors (Lipinski definition) is 6. The van der Waals surface area contributed by atoms with E-state index >= 15 is 0 Å². The van der Waals surface area contributed by atoms with Crippen LogP contribution in [0, 0.1) is 18.6 Å². The molecule has 2 aromatic heterocycles. The third kappa shape index (κ3) is 2.92. The molecule has 0 saturated heterocycles. The van der Waals surface area contributed by atoms with Gasteiger partial charge in [-0.1, -0.05) is 0 Å². The fourth-order valence-corrected chi connectivity index (χ4v) is 3.76. The number of hydrogen-bond donors (Lipinski definition) is 3. The summed E-state index contributed by atoms with van der Waals surface area (Å²) in [5, 5.41) is 21.9. The number of ether oxygens (including phenoxy) is 1. The summed E-state index contributed by atoms with van der Waals surface area (Å²) in [6.45, 7) is 1.60. The Morgan fingerprint density at radius 1 is 1.21 bits per heavy atom. The molecule has 1 aliphatic carbocycles. The van der Waals surface area contributed by atoms with E-state index in [1.165, 1.54) is 12.4 Å². The summed E-state index contributed by atoms with van der Waals surface area (Å²) >= 11 is 0. The topological polar surface area (TPSA) is 106 Å². The molecule has 0 unspecified atom stereocenters. The van der Waals surface area contributed by atoms with E-state index in [1.54, 1.807) is 10.8 Å². The van der Waals surface area contributed by atoms with E-state index < -0.39 is 36.0 Å². The van der Waals surface area contributed by atoms with Gasteiger partial charge in [-0.3, -0.25) is 0 Å². The maximum Gasteiger partial charge on any atom is 0.167 e. The fourth-order valence-electron chi connectivity index (χ4n) is 3.76. The summed E-state index contributed by atoms with van der Waals surface area (Å²) < 4.78 is 34.9. The van der Waals surface area contributed by atoms with Crippen LogP contribution >= 0.6 is 0 Å². The van der Waals surface area contributed by atoms with Crippen molar-refractivity contribution in [2.45, 2.75) is 44.2 Å². The van der Waals surface area contributed by atoms with Gasteiger partial charge >= 0.3 is 0 Å². The van der Waals surface area contributed by atoms with Crippen molar-refractivity contribution in [3.63, 3.8) is 0 Å². The van der Waals surface area contributed by atoms with Crippen LogP contribution in [0.5, 0.6) is 5.75 Å². The lowest BCUT2D eigenvalue weighted by molar-refractivity contribution is -0.0167. The zero-order valence-corrected chi connectivity index (χ0v) is 15.1. The number of nitrogens with zero attached hydrogens (tertiary/aromatic N) is 3. The molecule has 1 aliphatic rings. The molecule has 0 radical (unpaired) electrons. The van der Waals surface area contributed by atoms with Crippen LogP contribution in [-0.4, -0.2) is 43.1 Å². The van der Waals surface area contributed by atoms with Crippen LogP contribution in [0.1, 0.15) is 23.7 Å². The van der Waals surface area contributed by atoms with Crippen molar-refractivity contribution in [3.05, 3.63) is 53.6 Å². The van der Waals surface area contributed by atoms with Gasteiger partial charge in [0.1, 0.15) is 36.0 Å².